The number of methoxy groups -OCH3 is 1. The molecule has 29 heavy (non-hydrogen) atoms. The molecule has 5 atom stereocenters. The van der Waals surface area contributed by atoms with Crippen molar-refractivity contribution in [3.8, 4) is 0 Å². The fourth-order valence-electron chi connectivity index (χ4n) is 2.95. The largest absolute Gasteiger partial charge is 0.469 e. The molecule has 10 heteroatoms. The minimum Gasteiger partial charge on any atom is -0.469 e. The van der Waals surface area contributed by atoms with Gasteiger partial charge in [-0.3, -0.25) is 19.2 Å². The highest BCUT2D eigenvalue weighted by Crippen LogP contribution is 2.29. The zero-order valence-electron chi connectivity index (χ0n) is 17.5. The van der Waals surface area contributed by atoms with E-state index in [2.05, 4.69) is 4.74 Å². The number of ether oxygens (including phenoxy) is 6. The van der Waals surface area contributed by atoms with Gasteiger partial charge in [-0.2, -0.15) is 0 Å². The Morgan fingerprint density at radius 1 is 0.793 bits per heavy atom. The Balaban J connectivity index is 2.78. The quantitative estimate of drug-likeness (QED) is 0.291. The van der Waals surface area contributed by atoms with E-state index in [0.29, 0.717) is 19.3 Å². The van der Waals surface area contributed by atoms with Crippen molar-refractivity contribution in [2.75, 3.05) is 13.7 Å². The summed E-state index contributed by atoms with van der Waals surface area (Å²) in [7, 11) is 1.34. The van der Waals surface area contributed by atoms with E-state index in [-0.39, 0.29) is 12.6 Å². The molecule has 166 valence electrons. The number of unbranched alkanes of at least 4 members (excludes halogenated alkanes) is 2. The summed E-state index contributed by atoms with van der Waals surface area (Å²) < 4.78 is 31.9. The Kier molecular flexibility index (Phi) is 10.6. The maximum Gasteiger partial charge on any atom is 0.305 e. The van der Waals surface area contributed by atoms with Crippen LogP contribution in [0.15, 0.2) is 0 Å². The first-order chi connectivity index (χ1) is 13.6. The van der Waals surface area contributed by atoms with Gasteiger partial charge in [0.1, 0.15) is 0 Å². The minimum atomic E-state index is -1.10. The first-order valence-corrected chi connectivity index (χ1v) is 9.51. The summed E-state index contributed by atoms with van der Waals surface area (Å²) in [5.74, 6) is -2.11. The molecule has 0 aromatic carbocycles. The molecule has 0 aromatic heterocycles. The zero-order chi connectivity index (χ0) is 22.0. The fourth-order valence-corrected chi connectivity index (χ4v) is 2.95. The zero-order valence-corrected chi connectivity index (χ0v) is 17.5. The van der Waals surface area contributed by atoms with Crippen molar-refractivity contribution < 1.29 is 47.6 Å². The number of carbonyl (C=O) groups excluding carboxylic acids is 4. The van der Waals surface area contributed by atoms with Crippen molar-refractivity contribution in [3.05, 3.63) is 0 Å². The van der Waals surface area contributed by atoms with Gasteiger partial charge in [0.2, 0.25) is 0 Å². The third-order valence-corrected chi connectivity index (χ3v) is 4.17. The topological polar surface area (TPSA) is 124 Å². The van der Waals surface area contributed by atoms with E-state index < -0.39 is 48.6 Å². The van der Waals surface area contributed by atoms with Gasteiger partial charge >= 0.3 is 23.9 Å². The Hall–Kier alpha value is -2.20. The summed E-state index contributed by atoms with van der Waals surface area (Å²) in [6.07, 6.45) is -2.49. The number of hydrogen-bond acceptors (Lipinski definition) is 10. The molecule has 1 fully saturated rings. The van der Waals surface area contributed by atoms with Gasteiger partial charge in [-0.15, -0.1) is 0 Å². The first kappa shape index (κ1) is 24.8. The Morgan fingerprint density at radius 3 is 1.90 bits per heavy atom. The van der Waals surface area contributed by atoms with Crippen LogP contribution < -0.4 is 0 Å². The average molecular weight is 418 g/mol. The third kappa shape index (κ3) is 8.78. The third-order valence-electron chi connectivity index (χ3n) is 4.17. The van der Waals surface area contributed by atoms with Crippen LogP contribution in [0.1, 0.15) is 53.4 Å². The molecule has 0 amide bonds. The molecule has 0 saturated carbocycles. The van der Waals surface area contributed by atoms with Crippen LogP contribution in [0, 0.1) is 0 Å². The second-order valence-electron chi connectivity index (χ2n) is 6.69. The summed E-state index contributed by atoms with van der Waals surface area (Å²) in [5.41, 5.74) is 0. The highest BCUT2D eigenvalue weighted by molar-refractivity contribution is 5.69. The van der Waals surface area contributed by atoms with Gasteiger partial charge in [0, 0.05) is 33.8 Å². The molecule has 0 bridgehead atoms. The van der Waals surface area contributed by atoms with E-state index in [9.17, 15) is 19.2 Å². The van der Waals surface area contributed by atoms with Gasteiger partial charge < -0.3 is 28.4 Å². The van der Waals surface area contributed by atoms with Crippen LogP contribution in [-0.4, -0.2) is 68.3 Å². The number of rotatable bonds is 10. The van der Waals surface area contributed by atoms with Crippen molar-refractivity contribution >= 4 is 23.9 Å². The van der Waals surface area contributed by atoms with Gasteiger partial charge in [0.25, 0.3) is 0 Å². The molecular weight excluding hydrogens is 388 g/mol. The number of hydrogen-bond donors (Lipinski definition) is 0. The second kappa shape index (κ2) is 12.4. The molecule has 0 unspecified atom stereocenters. The fraction of sp³-hybridized carbons (Fsp3) is 0.789. The summed E-state index contributed by atoms with van der Waals surface area (Å²) in [4.78, 5) is 45.7. The van der Waals surface area contributed by atoms with E-state index in [0.717, 1.165) is 6.42 Å². The van der Waals surface area contributed by atoms with Crippen molar-refractivity contribution in [1.29, 1.82) is 0 Å². The predicted octanol–water partition coefficient (Wildman–Crippen LogP) is 1.28. The van der Waals surface area contributed by atoms with E-state index in [1.54, 1.807) is 6.92 Å². The normalized spacial score (nSPS) is 26.3. The van der Waals surface area contributed by atoms with Crippen molar-refractivity contribution in [2.24, 2.45) is 0 Å². The predicted molar refractivity (Wildman–Crippen MR) is 97.4 cm³/mol. The van der Waals surface area contributed by atoms with Gasteiger partial charge in [-0.25, -0.2) is 0 Å². The van der Waals surface area contributed by atoms with E-state index in [1.807, 2.05) is 0 Å². The lowest BCUT2D eigenvalue weighted by molar-refractivity contribution is -0.300. The molecule has 0 radical (unpaired) electrons. The Bertz CT molecular complexity index is 575. The first-order valence-electron chi connectivity index (χ1n) is 9.51. The van der Waals surface area contributed by atoms with Crippen LogP contribution in [0.4, 0.5) is 0 Å². The van der Waals surface area contributed by atoms with Crippen molar-refractivity contribution in [2.45, 2.75) is 84.1 Å². The Morgan fingerprint density at radius 2 is 1.34 bits per heavy atom. The summed E-state index contributed by atoms with van der Waals surface area (Å²) in [6.45, 7) is 5.53. The maximum atomic E-state index is 11.6. The highest BCUT2D eigenvalue weighted by Gasteiger charge is 2.50. The lowest BCUT2D eigenvalue weighted by atomic mass is 9.99. The number of carbonyl (C=O) groups is 4. The van der Waals surface area contributed by atoms with E-state index in [1.165, 1.54) is 27.9 Å². The van der Waals surface area contributed by atoms with Crippen LogP contribution >= 0.6 is 0 Å². The monoisotopic (exact) mass is 418 g/mol. The van der Waals surface area contributed by atoms with Gasteiger partial charge in [-0.05, 0) is 19.8 Å². The van der Waals surface area contributed by atoms with Gasteiger partial charge in [0.15, 0.2) is 24.6 Å². The maximum absolute atomic E-state index is 11.6. The van der Waals surface area contributed by atoms with Crippen molar-refractivity contribution in [1.82, 2.24) is 0 Å². The van der Waals surface area contributed by atoms with Crippen LogP contribution in [0.2, 0.25) is 0 Å². The SMILES string of the molecule is COC(=O)CCCCCO[C@@H]1O[C@@H](C)[C@H](OC(C)=O)[C@@H](OC(C)=O)[C@H]1OC(C)=O. The van der Waals surface area contributed by atoms with E-state index >= 15 is 0 Å². The Labute approximate surface area is 170 Å². The molecule has 0 aliphatic carbocycles. The molecule has 1 aliphatic heterocycles. The van der Waals surface area contributed by atoms with Crippen LogP contribution in [0.25, 0.3) is 0 Å². The van der Waals surface area contributed by atoms with Gasteiger partial charge in [-0.1, -0.05) is 6.42 Å². The lowest BCUT2D eigenvalue weighted by Crippen LogP contribution is -2.61. The number of esters is 4. The molecule has 1 saturated heterocycles. The van der Waals surface area contributed by atoms with Crippen LogP contribution in [0.5, 0.6) is 0 Å². The van der Waals surface area contributed by atoms with E-state index in [4.69, 9.17) is 23.7 Å². The second-order valence-corrected chi connectivity index (χ2v) is 6.69. The highest BCUT2D eigenvalue weighted by atomic mass is 16.7. The van der Waals surface area contributed by atoms with Crippen LogP contribution in [0.3, 0.4) is 0 Å². The minimum absolute atomic E-state index is 0.265. The molecule has 10 nitrogen and oxygen atoms in total. The smallest absolute Gasteiger partial charge is 0.305 e. The summed E-state index contributed by atoms with van der Waals surface area (Å²) >= 11 is 0. The van der Waals surface area contributed by atoms with Crippen molar-refractivity contribution in [3.63, 3.8) is 0 Å². The molecule has 0 N–H and O–H groups in total. The summed E-state index contributed by atoms with van der Waals surface area (Å²) in [6, 6.07) is 0. The standard InChI is InChI=1S/C19H30O10/c1-11-16(27-12(2)20)17(28-13(3)21)18(29-14(4)22)19(26-11)25-10-8-6-7-9-15(23)24-5/h11,16-19H,6-10H2,1-5H3/t11-,16-,17+,18+,19+/m0/s1. The molecular formula is C19H30O10. The van der Waals surface area contributed by atoms with Gasteiger partial charge in [0.05, 0.1) is 13.2 Å². The molecule has 1 aliphatic rings. The lowest BCUT2D eigenvalue weighted by Gasteiger charge is -2.43. The molecule has 0 spiro atoms. The molecule has 0 aromatic rings. The summed E-state index contributed by atoms with van der Waals surface area (Å²) in [5, 5.41) is 0. The molecule has 1 rings (SSSR count). The average Bonchev–Trinajstić information content (AvgIpc) is 2.62. The molecule has 1 heterocycles. The van der Waals surface area contributed by atoms with Crippen LogP contribution in [-0.2, 0) is 47.6 Å².